The quantitative estimate of drug-likeness (QED) is 0.884. The number of hydrogen-bond acceptors (Lipinski definition) is 3. The van der Waals surface area contributed by atoms with Crippen LogP contribution in [0.1, 0.15) is 12.0 Å². The average molecular weight is 269 g/mol. The lowest BCUT2D eigenvalue weighted by Crippen LogP contribution is -2.34. The number of rotatable bonds is 2. The lowest BCUT2D eigenvalue weighted by molar-refractivity contribution is -0.127. The van der Waals surface area contributed by atoms with Crippen molar-refractivity contribution in [1.29, 1.82) is 0 Å². The minimum Gasteiger partial charge on any atom is -0.392 e. The summed E-state index contributed by atoms with van der Waals surface area (Å²) in [5, 5.41) is 9.96. The number of carbonyl (C=O) groups excluding carboxylic acids is 1. The van der Waals surface area contributed by atoms with Crippen LogP contribution in [0.15, 0.2) is 18.2 Å². The van der Waals surface area contributed by atoms with E-state index >= 15 is 0 Å². The summed E-state index contributed by atoms with van der Waals surface area (Å²) in [7, 11) is 1.81. The molecule has 0 aliphatic carbocycles. The van der Waals surface area contributed by atoms with E-state index < -0.39 is 0 Å². The molecular formula is C13H17ClN2O2. The Balaban J connectivity index is 2.33. The third-order valence-corrected chi connectivity index (χ3v) is 3.54. The Hall–Kier alpha value is -1.26. The molecule has 0 unspecified atom stereocenters. The van der Waals surface area contributed by atoms with Crippen LogP contribution in [0.4, 0.5) is 5.69 Å². The number of anilines is 1. The summed E-state index contributed by atoms with van der Waals surface area (Å²) in [5.41, 5.74) is 1.55. The molecule has 2 rings (SSSR count). The first-order valence-electron chi connectivity index (χ1n) is 6.00. The van der Waals surface area contributed by atoms with Gasteiger partial charge in [-0.1, -0.05) is 23.7 Å². The van der Waals surface area contributed by atoms with Crippen molar-refractivity contribution in [3.05, 3.63) is 28.8 Å². The van der Waals surface area contributed by atoms with E-state index in [9.17, 15) is 9.90 Å². The number of aliphatic hydroxyl groups excluding tert-OH is 1. The molecule has 1 amide bonds. The maximum absolute atomic E-state index is 11.9. The monoisotopic (exact) mass is 268 g/mol. The summed E-state index contributed by atoms with van der Waals surface area (Å²) in [6.45, 7) is 1.77. The summed E-state index contributed by atoms with van der Waals surface area (Å²) in [4.78, 5) is 15.6. The molecule has 0 radical (unpaired) electrons. The lowest BCUT2D eigenvalue weighted by Gasteiger charge is -2.25. The van der Waals surface area contributed by atoms with Gasteiger partial charge in [0.2, 0.25) is 5.91 Å². The van der Waals surface area contributed by atoms with Crippen LogP contribution >= 0.6 is 11.6 Å². The molecule has 5 heteroatoms. The van der Waals surface area contributed by atoms with Gasteiger partial charge in [0.15, 0.2) is 0 Å². The molecule has 0 spiro atoms. The van der Waals surface area contributed by atoms with Crippen molar-refractivity contribution in [2.75, 3.05) is 31.6 Å². The fraction of sp³-hybridized carbons (Fsp3) is 0.462. The minimum atomic E-state index is -0.0730. The largest absolute Gasteiger partial charge is 0.392 e. The Bertz CT molecular complexity index is 451. The first-order valence-corrected chi connectivity index (χ1v) is 6.38. The van der Waals surface area contributed by atoms with E-state index in [0.29, 0.717) is 11.6 Å². The molecule has 1 fully saturated rings. The second-order valence-corrected chi connectivity index (χ2v) is 4.90. The number of amides is 1. The highest BCUT2D eigenvalue weighted by atomic mass is 35.5. The number of nitrogens with zero attached hydrogens (tertiary/aromatic N) is 2. The standard InChI is InChI=1S/C13H17ClN2O2/c1-15-6-3-7-16(8-12(15)18)13-10(9-17)4-2-5-11(13)14/h2,4-5,17H,3,6-9H2,1H3. The highest BCUT2D eigenvalue weighted by Crippen LogP contribution is 2.30. The Morgan fingerprint density at radius 1 is 1.39 bits per heavy atom. The molecule has 0 atom stereocenters. The topological polar surface area (TPSA) is 43.8 Å². The second-order valence-electron chi connectivity index (χ2n) is 4.50. The molecule has 1 aliphatic rings. The molecule has 1 saturated heterocycles. The second kappa shape index (κ2) is 5.59. The van der Waals surface area contributed by atoms with E-state index in [1.165, 1.54) is 0 Å². The van der Waals surface area contributed by atoms with Crippen LogP contribution in [0.25, 0.3) is 0 Å². The van der Waals surface area contributed by atoms with Gasteiger partial charge in [0.25, 0.3) is 0 Å². The van der Waals surface area contributed by atoms with Crippen molar-refractivity contribution in [3.63, 3.8) is 0 Å². The van der Waals surface area contributed by atoms with Crippen LogP contribution in [0.3, 0.4) is 0 Å². The fourth-order valence-electron chi connectivity index (χ4n) is 2.22. The Morgan fingerprint density at radius 3 is 2.89 bits per heavy atom. The highest BCUT2D eigenvalue weighted by Gasteiger charge is 2.22. The molecule has 0 bridgehead atoms. The first kappa shape index (κ1) is 13.2. The number of likely N-dealkylation sites (N-methyl/N-ethyl adjacent to an activating group) is 1. The van der Waals surface area contributed by atoms with Gasteiger partial charge in [-0.2, -0.15) is 0 Å². The van der Waals surface area contributed by atoms with Gasteiger partial charge >= 0.3 is 0 Å². The summed E-state index contributed by atoms with van der Waals surface area (Å²) < 4.78 is 0. The fourth-order valence-corrected chi connectivity index (χ4v) is 2.53. The van der Waals surface area contributed by atoms with Crippen LogP contribution in [0, 0.1) is 0 Å². The zero-order valence-electron chi connectivity index (χ0n) is 10.4. The number of carbonyl (C=O) groups is 1. The third-order valence-electron chi connectivity index (χ3n) is 3.23. The molecular weight excluding hydrogens is 252 g/mol. The van der Waals surface area contributed by atoms with Crippen molar-refractivity contribution in [3.8, 4) is 0 Å². The molecule has 4 nitrogen and oxygen atoms in total. The number of para-hydroxylation sites is 1. The first-order chi connectivity index (χ1) is 8.63. The van der Waals surface area contributed by atoms with Gasteiger partial charge in [-0.15, -0.1) is 0 Å². The van der Waals surface area contributed by atoms with Crippen molar-refractivity contribution in [2.24, 2.45) is 0 Å². The summed E-state index contributed by atoms with van der Waals surface area (Å²) in [5.74, 6) is 0.0799. The Kier molecular flexibility index (Phi) is 4.09. The molecule has 0 saturated carbocycles. The van der Waals surface area contributed by atoms with Gasteiger partial charge in [0.05, 0.1) is 23.9 Å². The van der Waals surface area contributed by atoms with E-state index in [1.807, 2.05) is 24.1 Å². The number of benzene rings is 1. The minimum absolute atomic E-state index is 0.0730. The van der Waals surface area contributed by atoms with Gasteiger partial charge in [0, 0.05) is 25.7 Å². The summed E-state index contributed by atoms with van der Waals surface area (Å²) in [6.07, 6.45) is 0.901. The van der Waals surface area contributed by atoms with E-state index in [4.69, 9.17) is 11.6 Å². The van der Waals surface area contributed by atoms with Crippen molar-refractivity contribution < 1.29 is 9.90 Å². The predicted octanol–water partition coefficient (Wildman–Crippen LogP) is 1.50. The smallest absolute Gasteiger partial charge is 0.241 e. The maximum atomic E-state index is 11.9. The van der Waals surface area contributed by atoms with Crippen LogP contribution in [0.5, 0.6) is 0 Å². The van der Waals surface area contributed by atoms with E-state index in [1.54, 1.807) is 11.0 Å². The van der Waals surface area contributed by atoms with E-state index in [2.05, 4.69) is 0 Å². The highest BCUT2D eigenvalue weighted by molar-refractivity contribution is 6.33. The molecule has 1 N–H and O–H groups in total. The maximum Gasteiger partial charge on any atom is 0.241 e. The number of aliphatic hydroxyl groups is 1. The van der Waals surface area contributed by atoms with Gasteiger partial charge in [0.1, 0.15) is 0 Å². The van der Waals surface area contributed by atoms with Crippen LogP contribution in [0.2, 0.25) is 5.02 Å². The SMILES string of the molecule is CN1CCCN(c2c(Cl)cccc2CO)CC1=O. The van der Waals surface area contributed by atoms with Gasteiger partial charge in [-0.05, 0) is 12.5 Å². The van der Waals surface area contributed by atoms with Gasteiger partial charge < -0.3 is 14.9 Å². The normalized spacial score (nSPS) is 16.9. The van der Waals surface area contributed by atoms with Crippen molar-refractivity contribution in [1.82, 2.24) is 4.90 Å². The van der Waals surface area contributed by atoms with Crippen molar-refractivity contribution in [2.45, 2.75) is 13.0 Å². The van der Waals surface area contributed by atoms with E-state index in [0.717, 1.165) is 30.8 Å². The molecule has 0 aromatic heterocycles. The lowest BCUT2D eigenvalue weighted by atomic mass is 10.1. The number of halogens is 1. The van der Waals surface area contributed by atoms with Crippen LogP contribution in [-0.4, -0.2) is 42.6 Å². The molecule has 1 aliphatic heterocycles. The van der Waals surface area contributed by atoms with Crippen LogP contribution in [-0.2, 0) is 11.4 Å². The molecule has 1 aromatic rings. The van der Waals surface area contributed by atoms with Crippen molar-refractivity contribution >= 4 is 23.2 Å². The molecule has 98 valence electrons. The predicted molar refractivity (Wildman–Crippen MR) is 71.8 cm³/mol. The zero-order valence-corrected chi connectivity index (χ0v) is 11.2. The number of hydrogen-bond donors (Lipinski definition) is 1. The third kappa shape index (κ3) is 2.60. The van der Waals surface area contributed by atoms with E-state index in [-0.39, 0.29) is 12.5 Å². The molecule has 1 aromatic carbocycles. The van der Waals surface area contributed by atoms with Crippen LogP contribution < -0.4 is 4.90 Å². The van der Waals surface area contributed by atoms with Gasteiger partial charge in [-0.3, -0.25) is 4.79 Å². The summed E-state index contributed by atoms with van der Waals surface area (Å²) >= 11 is 6.20. The zero-order chi connectivity index (χ0) is 13.1. The Morgan fingerprint density at radius 2 is 2.17 bits per heavy atom. The molecule has 18 heavy (non-hydrogen) atoms. The Labute approximate surface area is 112 Å². The summed E-state index contributed by atoms with van der Waals surface area (Å²) in [6, 6.07) is 5.43. The van der Waals surface area contributed by atoms with Gasteiger partial charge in [-0.25, -0.2) is 0 Å². The molecule has 1 heterocycles. The average Bonchev–Trinajstić information content (AvgIpc) is 2.51.